The van der Waals surface area contributed by atoms with Crippen LogP contribution in [-0.4, -0.2) is 48.2 Å². The molecule has 4 nitrogen and oxygen atoms in total. The van der Waals surface area contributed by atoms with Crippen LogP contribution in [0.1, 0.15) is 66.7 Å². The number of rotatable bonds is 9. The molecule has 21 heavy (non-hydrogen) atoms. The Morgan fingerprint density at radius 1 is 1.38 bits per heavy atom. The summed E-state index contributed by atoms with van der Waals surface area (Å²) in [7, 11) is 0. The molecule has 0 aliphatic heterocycles. The number of carbonyl (C=O) groups excluding carboxylic acids is 1. The van der Waals surface area contributed by atoms with Crippen molar-refractivity contribution in [1.82, 2.24) is 10.2 Å². The van der Waals surface area contributed by atoms with Gasteiger partial charge in [-0.15, -0.1) is 0 Å². The molecule has 0 bridgehead atoms. The maximum absolute atomic E-state index is 12.5. The van der Waals surface area contributed by atoms with Crippen LogP contribution in [0.3, 0.4) is 0 Å². The Balaban J connectivity index is 2.81. The second-order valence-corrected chi connectivity index (χ2v) is 6.21. The lowest BCUT2D eigenvalue weighted by atomic mass is 9.96. The molecule has 3 unspecified atom stereocenters. The van der Waals surface area contributed by atoms with Gasteiger partial charge in [0, 0.05) is 12.1 Å². The van der Waals surface area contributed by atoms with E-state index >= 15 is 0 Å². The quantitative estimate of drug-likeness (QED) is 0.665. The number of esters is 1. The third-order valence-corrected chi connectivity index (χ3v) is 4.86. The highest BCUT2D eigenvalue weighted by Crippen LogP contribution is 2.35. The first-order chi connectivity index (χ1) is 10.0. The van der Waals surface area contributed by atoms with Gasteiger partial charge in [-0.2, -0.15) is 0 Å². The molecule has 1 fully saturated rings. The lowest BCUT2D eigenvalue weighted by Crippen LogP contribution is -2.53. The van der Waals surface area contributed by atoms with Gasteiger partial charge < -0.3 is 10.1 Å². The maximum atomic E-state index is 12.5. The van der Waals surface area contributed by atoms with Gasteiger partial charge in [-0.3, -0.25) is 9.69 Å². The Morgan fingerprint density at radius 3 is 2.62 bits per heavy atom. The minimum absolute atomic E-state index is 0.0545. The number of hydrogen-bond acceptors (Lipinski definition) is 4. The molecule has 1 saturated carbocycles. The van der Waals surface area contributed by atoms with Gasteiger partial charge in [-0.05, 0) is 59.0 Å². The van der Waals surface area contributed by atoms with Gasteiger partial charge in [0.05, 0.1) is 6.61 Å². The van der Waals surface area contributed by atoms with Gasteiger partial charge in [0.2, 0.25) is 0 Å². The van der Waals surface area contributed by atoms with E-state index in [4.69, 9.17) is 4.74 Å². The van der Waals surface area contributed by atoms with Crippen LogP contribution in [0, 0.1) is 0 Å². The van der Waals surface area contributed by atoms with Crippen molar-refractivity contribution in [3.8, 4) is 0 Å². The molecule has 0 radical (unpaired) electrons. The molecular formula is C17H34N2O2. The molecular weight excluding hydrogens is 264 g/mol. The third kappa shape index (κ3) is 4.43. The van der Waals surface area contributed by atoms with E-state index in [0.717, 1.165) is 45.2 Å². The predicted octanol–water partition coefficient (Wildman–Crippen LogP) is 2.96. The van der Waals surface area contributed by atoms with E-state index in [9.17, 15) is 4.79 Å². The van der Waals surface area contributed by atoms with Crippen molar-refractivity contribution in [2.45, 2.75) is 84.3 Å². The van der Waals surface area contributed by atoms with Crippen LogP contribution in [0.15, 0.2) is 0 Å². The molecule has 4 heteroatoms. The van der Waals surface area contributed by atoms with Crippen molar-refractivity contribution in [2.75, 3.05) is 19.7 Å². The third-order valence-electron chi connectivity index (χ3n) is 4.86. The first-order valence-corrected chi connectivity index (χ1v) is 8.72. The van der Waals surface area contributed by atoms with Crippen LogP contribution in [0.25, 0.3) is 0 Å². The van der Waals surface area contributed by atoms with Gasteiger partial charge >= 0.3 is 5.97 Å². The normalized spacial score (nSPS) is 27.0. The van der Waals surface area contributed by atoms with Crippen LogP contribution in [0.4, 0.5) is 0 Å². The van der Waals surface area contributed by atoms with Crippen molar-refractivity contribution in [3.05, 3.63) is 0 Å². The fraction of sp³-hybridized carbons (Fsp3) is 0.941. The standard InChI is InChI=1S/C17H34N2O2/c1-6-12-18-17(16(20)21-9-4)11-10-15(13-17)19(8-3)14(5)7-2/h14-15,18H,6-13H2,1-5H3. The Hall–Kier alpha value is -0.610. The Morgan fingerprint density at radius 2 is 2.10 bits per heavy atom. The molecule has 0 amide bonds. The van der Waals surface area contributed by atoms with E-state index in [2.05, 4.69) is 37.9 Å². The lowest BCUT2D eigenvalue weighted by molar-refractivity contribution is -0.151. The van der Waals surface area contributed by atoms with Gasteiger partial charge in [-0.1, -0.05) is 20.8 Å². The number of carbonyl (C=O) groups is 1. The van der Waals surface area contributed by atoms with Gasteiger partial charge in [0.1, 0.15) is 5.54 Å². The van der Waals surface area contributed by atoms with Crippen LogP contribution in [0.2, 0.25) is 0 Å². The Labute approximate surface area is 130 Å². The van der Waals surface area contributed by atoms with Crippen LogP contribution >= 0.6 is 0 Å². The summed E-state index contributed by atoms with van der Waals surface area (Å²) in [6.07, 6.45) is 5.04. The van der Waals surface area contributed by atoms with E-state index in [1.54, 1.807) is 0 Å². The largest absolute Gasteiger partial charge is 0.465 e. The van der Waals surface area contributed by atoms with Gasteiger partial charge in [0.25, 0.3) is 0 Å². The predicted molar refractivity (Wildman–Crippen MR) is 87.4 cm³/mol. The van der Waals surface area contributed by atoms with Crippen molar-refractivity contribution in [3.63, 3.8) is 0 Å². The van der Waals surface area contributed by atoms with E-state index < -0.39 is 5.54 Å². The molecule has 1 aliphatic rings. The average molecular weight is 298 g/mol. The summed E-state index contributed by atoms with van der Waals surface area (Å²) in [5, 5.41) is 3.49. The number of hydrogen-bond donors (Lipinski definition) is 1. The highest BCUT2D eigenvalue weighted by atomic mass is 16.5. The highest BCUT2D eigenvalue weighted by Gasteiger charge is 2.47. The van der Waals surface area contributed by atoms with Gasteiger partial charge in [0.15, 0.2) is 0 Å². The molecule has 0 aromatic rings. The van der Waals surface area contributed by atoms with E-state index in [1.165, 1.54) is 0 Å². The first kappa shape index (κ1) is 18.4. The number of nitrogens with one attached hydrogen (secondary N) is 1. The monoisotopic (exact) mass is 298 g/mol. The SMILES string of the molecule is CCCNC1(C(=O)OCC)CCC(N(CC)C(C)CC)C1. The summed E-state index contributed by atoms with van der Waals surface area (Å²) in [6.45, 7) is 13.1. The molecule has 0 aromatic heterocycles. The second kappa shape index (κ2) is 8.74. The number of ether oxygens (including phenoxy) is 1. The van der Waals surface area contributed by atoms with Crippen LogP contribution in [0.5, 0.6) is 0 Å². The summed E-state index contributed by atoms with van der Waals surface area (Å²) >= 11 is 0. The van der Waals surface area contributed by atoms with E-state index in [1.807, 2.05) is 6.92 Å². The fourth-order valence-electron chi connectivity index (χ4n) is 3.52. The minimum atomic E-state index is -0.461. The molecule has 3 atom stereocenters. The summed E-state index contributed by atoms with van der Waals surface area (Å²) in [5.41, 5.74) is -0.461. The highest BCUT2D eigenvalue weighted by molar-refractivity contribution is 5.81. The Kier molecular flexibility index (Phi) is 7.67. The van der Waals surface area contributed by atoms with E-state index in [-0.39, 0.29) is 5.97 Å². The van der Waals surface area contributed by atoms with E-state index in [0.29, 0.717) is 18.7 Å². The van der Waals surface area contributed by atoms with Crippen LogP contribution < -0.4 is 5.32 Å². The average Bonchev–Trinajstić information content (AvgIpc) is 2.91. The summed E-state index contributed by atoms with van der Waals surface area (Å²) in [4.78, 5) is 15.0. The second-order valence-electron chi connectivity index (χ2n) is 6.21. The summed E-state index contributed by atoms with van der Waals surface area (Å²) in [5.74, 6) is -0.0545. The first-order valence-electron chi connectivity index (χ1n) is 8.72. The molecule has 0 saturated heterocycles. The zero-order valence-electron chi connectivity index (χ0n) is 14.6. The number of nitrogens with zero attached hydrogens (tertiary/aromatic N) is 1. The topological polar surface area (TPSA) is 41.6 Å². The van der Waals surface area contributed by atoms with Gasteiger partial charge in [-0.25, -0.2) is 0 Å². The zero-order valence-corrected chi connectivity index (χ0v) is 14.6. The Bertz CT molecular complexity index is 322. The smallest absolute Gasteiger partial charge is 0.326 e. The molecule has 1 rings (SSSR count). The lowest BCUT2D eigenvalue weighted by Gasteiger charge is -2.35. The fourth-order valence-corrected chi connectivity index (χ4v) is 3.52. The molecule has 0 spiro atoms. The van der Waals surface area contributed by atoms with Crippen molar-refractivity contribution in [1.29, 1.82) is 0 Å². The summed E-state index contributed by atoms with van der Waals surface area (Å²) in [6, 6.07) is 1.06. The molecule has 124 valence electrons. The molecule has 1 aliphatic carbocycles. The van der Waals surface area contributed by atoms with Crippen LogP contribution in [-0.2, 0) is 9.53 Å². The van der Waals surface area contributed by atoms with Crippen molar-refractivity contribution < 1.29 is 9.53 Å². The minimum Gasteiger partial charge on any atom is -0.465 e. The maximum Gasteiger partial charge on any atom is 0.326 e. The van der Waals surface area contributed by atoms with Crippen molar-refractivity contribution in [2.24, 2.45) is 0 Å². The zero-order chi connectivity index (χ0) is 15.9. The summed E-state index contributed by atoms with van der Waals surface area (Å²) < 4.78 is 5.35. The van der Waals surface area contributed by atoms with Crippen molar-refractivity contribution >= 4 is 5.97 Å². The molecule has 0 aromatic carbocycles. The molecule has 1 N–H and O–H groups in total. The molecule has 0 heterocycles.